The maximum atomic E-state index is 9.98. The first-order valence-electron chi connectivity index (χ1n) is 5.24. The Morgan fingerprint density at radius 3 is 2.60 bits per heavy atom. The van der Waals surface area contributed by atoms with Gasteiger partial charge < -0.3 is 0 Å². The molecule has 0 saturated carbocycles. The zero-order valence-electron chi connectivity index (χ0n) is 9.68. The van der Waals surface area contributed by atoms with Gasteiger partial charge in [0, 0.05) is 0 Å². The number of quaternary nitrogens is 1. The van der Waals surface area contributed by atoms with Crippen molar-refractivity contribution in [3.05, 3.63) is 12.4 Å². The quantitative estimate of drug-likeness (QED) is 0.701. The summed E-state index contributed by atoms with van der Waals surface area (Å²) < 4.78 is 5.08. The molecule has 0 aromatic heterocycles. The average Bonchev–Trinajstić information content (AvgIpc) is 2.59. The molecule has 1 atom stereocenters. The van der Waals surface area contributed by atoms with E-state index in [0.29, 0.717) is 13.2 Å². The SMILES string of the molecule is CCCC[N+]1([PH](O)(O)OC)C=CN(C)C1. The molecule has 1 heterocycles. The van der Waals surface area contributed by atoms with Crippen molar-refractivity contribution in [1.29, 1.82) is 0 Å². The van der Waals surface area contributed by atoms with Gasteiger partial charge in [-0.1, -0.05) is 0 Å². The molecule has 1 aliphatic heterocycles. The summed E-state index contributed by atoms with van der Waals surface area (Å²) in [5.74, 6) is 0. The minimum absolute atomic E-state index is 0.161. The fourth-order valence-corrected chi connectivity index (χ4v) is 3.32. The van der Waals surface area contributed by atoms with Gasteiger partial charge in [-0.25, -0.2) is 0 Å². The van der Waals surface area contributed by atoms with Gasteiger partial charge in [0.15, 0.2) is 0 Å². The van der Waals surface area contributed by atoms with Crippen LogP contribution in [0.2, 0.25) is 0 Å². The molecule has 0 amide bonds. The van der Waals surface area contributed by atoms with Crippen molar-refractivity contribution in [3.8, 4) is 0 Å². The second kappa shape index (κ2) is 4.76. The summed E-state index contributed by atoms with van der Waals surface area (Å²) in [6.45, 7) is 3.38. The summed E-state index contributed by atoms with van der Waals surface area (Å²) >= 11 is 0. The van der Waals surface area contributed by atoms with Gasteiger partial charge in [0.1, 0.15) is 0 Å². The van der Waals surface area contributed by atoms with Crippen molar-refractivity contribution in [2.45, 2.75) is 19.8 Å². The molecule has 1 rings (SSSR count). The predicted molar refractivity (Wildman–Crippen MR) is 61.6 cm³/mol. The van der Waals surface area contributed by atoms with Crippen molar-refractivity contribution in [2.75, 3.05) is 27.4 Å². The van der Waals surface area contributed by atoms with Gasteiger partial charge >= 0.3 is 91.1 Å². The van der Waals surface area contributed by atoms with Crippen molar-refractivity contribution < 1.29 is 18.6 Å². The van der Waals surface area contributed by atoms with Crippen LogP contribution in [0.3, 0.4) is 0 Å². The van der Waals surface area contributed by atoms with Crippen LogP contribution in [0.25, 0.3) is 0 Å². The molecule has 1 unspecified atom stereocenters. The van der Waals surface area contributed by atoms with E-state index in [1.165, 1.54) is 7.11 Å². The van der Waals surface area contributed by atoms with Gasteiger partial charge in [-0.2, -0.15) is 0 Å². The molecule has 0 bridgehead atoms. The predicted octanol–water partition coefficient (Wildman–Crippen LogP) is 1.02. The first kappa shape index (κ1) is 12.9. The minimum atomic E-state index is -3.66. The number of nitrogens with zero attached hydrogens (tertiary/aromatic N) is 2. The Hall–Kier alpha value is -0.190. The fraction of sp³-hybridized carbons (Fsp3) is 0.778. The van der Waals surface area contributed by atoms with Crippen LogP contribution in [0.4, 0.5) is 0 Å². The van der Waals surface area contributed by atoms with E-state index in [-0.39, 0.29) is 4.25 Å². The van der Waals surface area contributed by atoms with Gasteiger partial charge in [0.2, 0.25) is 0 Å². The van der Waals surface area contributed by atoms with Crippen molar-refractivity contribution in [1.82, 2.24) is 4.90 Å². The van der Waals surface area contributed by atoms with E-state index in [0.717, 1.165) is 12.8 Å². The van der Waals surface area contributed by atoms with Gasteiger partial charge in [-0.05, 0) is 0 Å². The molecule has 0 aromatic rings. The van der Waals surface area contributed by atoms with Crippen molar-refractivity contribution in [3.63, 3.8) is 0 Å². The number of hydrogen-bond acceptors (Lipinski definition) is 4. The van der Waals surface area contributed by atoms with Gasteiger partial charge in [-0.15, -0.1) is 0 Å². The molecule has 0 aromatic carbocycles. The maximum absolute atomic E-state index is 9.98. The molecule has 1 aliphatic rings. The van der Waals surface area contributed by atoms with Crippen molar-refractivity contribution in [2.24, 2.45) is 0 Å². The first-order valence-corrected chi connectivity index (χ1v) is 6.99. The van der Waals surface area contributed by atoms with Crippen LogP contribution in [0, 0.1) is 0 Å². The number of hydrogen-bond donors (Lipinski definition) is 2. The van der Waals surface area contributed by atoms with Crippen molar-refractivity contribution >= 4 is 8.09 Å². The molecule has 90 valence electrons. The Bertz CT molecular complexity index is 248. The summed E-state index contributed by atoms with van der Waals surface area (Å²) in [4.78, 5) is 21.9. The molecule has 0 radical (unpaired) electrons. The number of rotatable bonds is 5. The Morgan fingerprint density at radius 2 is 2.20 bits per heavy atom. The summed E-state index contributed by atoms with van der Waals surface area (Å²) in [7, 11) is -0.380. The Balaban J connectivity index is 2.83. The van der Waals surface area contributed by atoms with Crippen LogP contribution in [-0.4, -0.2) is 46.3 Å². The van der Waals surface area contributed by atoms with Gasteiger partial charge in [0.05, 0.1) is 0 Å². The standard InChI is InChI=1S/C9H22N2O3P/c1-4-5-7-11(15(12,13)14-3)8-6-10(2)9-11/h6,8,12-13,15H,4-5,7,9H2,1-3H3/q+1. The Labute approximate surface area is 91.8 Å². The fourth-order valence-electron chi connectivity index (χ4n) is 1.84. The van der Waals surface area contributed by atoms with E-state index < -0.39 is 8.09 Å². The monoisotopic (exact) mass is 237 g/mol. The molecule has 0 spiro atoms. The Kier molecular flexibility index (Phi) is 4.09. The number of unbranched alkanes of at least 4 members (excludes halogenated alkanes) is 1. The molecule has 6 heteroatoms. The molecule has 0 saturated heterocycles. The molecule has 0 fully saturated rings. The van der Waals surface area contributed by atoms with Crippen LogP contribution in [0.5, 0.6) is 0 Å². The van der Waals surface area contributed by atoms with Crippen LogP contribution in [0.1, 0.15) is 19.8 Å². The summed E-state index contributed by atoms with van der Waals surface area (Å²) in [6, 6.07) is 0. The van der Waals surface area contributed by atoms with E-state index in [1.807, 2.05) is 24.3 Å². The zero-order chi connectivity index (χ0) is 11.5. The van der Waals surface area contributed by atoms with E-state index in [9.17, 15) is 9.79 Å². The second-order valence-corrected chi connectivity index (χ2v) is 6.53. The third-order valence-corrected chi connectivity index (χ3v) is 5.07. The average molecular weight is 237 g/mol. The molecule has 5 nitrogen and oxygen atoms in total. The van der Waals surface area contributed by atoms with Gasteiger partial charge in [0.25, 0.3) is 0 Å². The molecule has 0 aliphatic carbocycles. The van der Waals surface area contributed by atoms with E-state index in [1.54, 1.807) is 0 Å². The van der Waals surface area contributed by atoms with Gasteiger partial charge in [-0.3, -0.25) is 0 Å². The molecule has 2 N–H and O–H groups in total. The summed E-state index contributed by atoms with van der Waals surface area (Å²) in [5, 5.41) is 0. The Morgan fingerprint density at radius 1 is 1.53 bits per heavy atom. The van der Waals surface area contributed by atoms with Crippen LogP contribution in [0.15, 0.2) is 12.4 Å². The molecule has 15 heavy (non-hydrogen) atoms. The normalized spacial score (nSPS) is 27.4. The summed E-state index contributed by atoms with van der Waals surface area (Å²) in [6.07, 6.45) is 5.71. The third-order valence-electron chi connectivity index (χ3n) is 2.85. The van der Waals surface area contributed by atoms with Crippen LogP contribution >= 0.6 is 8.09 Å². The molecular formula is C9H22N2O3P+. The van der Waals surface area contributed by atoms with E-state index >= 15 is 0 Å². The first-order chi connectivity index (χ1) is 6.97. The zero-order valence-corrected chi connectivity index (χ0v) is 10.7. The third kappa shape index (κ3) is 2.49. The van der Waals surface area contributed by atoms with E-state index in [4.69, 9.17) is 4.52 Å². The van der Waals surface area contributed by atoms with Crippen LogP contribution in [-0.2, 0) is 4.52 Å². The van der Waals surface area contributed by atoms with E-state index in [2.05, 4.69) is 6.92 Å². The summed E-state index contributed by atoms with van der Waals surface area (Å²) in [5.41, 5.74) is 0. The molecular weight excluding hydrogens is 215 g/mol. The van der Waals surface area contributed by atoms with Crippen LogP contribution < -0.4 is 0 Å². The second-order valence-electron chi connectivity index (χ2n) is 4.09. The topological polar surface area (TPSA) is 52.9 Å².